The van der Waals surface area contributed by atoms with Crippen LogP contribution in [0.15, 0.2) is 30.5 Å². The van der Waals surface area contributed by atoms with Crippen LogP contribution in [0.5, 0.6) is 0 Å². The molecule has 1 N–H and O–H groups in total. The molecule has 1 saturated carbocycles. The lowest BCUT2D eigenvalue weighted by atomic mass is 10.0. The maximum absolute atomic E-state index is 13.0. The topological polar surface area (TPSA) is 78.4 Å². The van der Waals surface area contributed by atoms with E-state index in [2.05, 4.69) is 15.3 Å². The molecule has 3 rings (SSSR count). The Morgan fingerprint density at radius 3 is 2.29 bits per heavy atom. The average molecular weight is 424 g/mol. The first kappa shape index (κ1) is 22.7. The van der Waals surface area contributed by atoms with E-state index in [0.717, 1.165) is 36.8 Å². The quantitative estimate of drug-likeness (QED) is 0.703. The number of hydrogen-bond donors (Lipinski definition) is 1. The molecular formula is C24H33N5O2. The Labute approximate surface area is 184 Å². The van der Waals surface area contributed by atoms with Gasteiger partial charge in [0.2, 0.25) is 11.9 Å². The Morgan fingerprint density at radius 1 is 1.06 bits per heavy atom. The zero-order chi connectivity index (χ0) is 22.4. The molecule has 1 aromatic heterocycles. The molecule has 1 heterocycles. The Bertz CT molecular complexity index is 901. The number of anilines is 1. The number of amides is 2. The highest BCUT2D eigenvalue weighted by molar-refractivity contribution is 5.99. The molecule has 0 bridgehead atoms. The summed E-state index contributed by atoms with van der Waals surface area (Å²) in [5, 5.41) is 3.05. The van der Waals surface area contributed by atoms with Gasteiger partial charge in [0.15, 0.2) is 0 Å². The van der Waals surface area contributed by atoms with Gasteiger partial charge in [-0.15, -0.1) is 0 Å². The number of nitrogens with zero attached hydrogens (tertiary/aromatic N) is 4. The first-order valence-electron chi connectivity index (χ1n) is 11.1. The summed E-state index contributed by atoms with van der Waals surface area (Å²) < 4.78 is 0. The van der Waals surface area contributed by atoms with E-state index in [1.807, 2.05) is 57.1 Å². The fourth-order valence-electron chi connectivity index (χ4n) is 3.95. The van der Waals surface area contributed by atoms with E-state index in [1.165, 1.54) is 0 Å². The van der Waals surface area contributed by atoms with Crippen LogP contribution in [0.3, 0.4) is 0 Å². The van der Waals surface area contributed by atoms with Gasteiger partial charge in [-0.05, 0) is 32.3 Å². The van der Waals surface area contributed by atoms with Crippen LogP contribution in [-0.4, -0.2) is 53.9 Å². The van der Waals surface area contributed by atoms with Crippen molar-refractivity contribution in [2.75, 3.05) is 32.1 Å². The molecule has 0 radical (unpaired) electrons. The lowest BCUT2D eigenvalue weighted by molar-refractivity contribution is -0.124. The van der Waals surface area contributed by atoms with Gasteiger partial charge in [0, 0.05) is 51.4 Å². The van der Waals surface area contributed by atoms with Gasteiger partial charge in [0.25, 0.3) is 5.91 Å². The molecule has 1 fully saturated rings. The van der Waals surface area contributed by atoms with Crippen LogP contribution in [-0.2, 0) is 11.3 Å². The van der Waals surface area contributed by atoms with Crippen LogP contribution >= 0.6 is 0 Å². The number of carbonyl (C=O) groups is 2. The minimum absolute atomic E-state index is 0.0711. The predicted molar refractivity (Wildman–Crippen MR) is 123 cm³/mol. The number of hydrogen-bond acceptors (Lipinski definition) is 5. The highest BCUT2D eigenvalue weighted by atomic mass is 16.2. The highest BCUT2D eigenvalue weighted by Gasteiger charge is 2.23. The van der Waals surface area contributed by atoms with Crippen LogP contribution in [0.2, 0.25) is 0 Å². The molecular weight excluding hydrogens is 390 g/mol. The first-order valence-corrected chi connectivity index (χ1v) is 11.1. The van der Waals surface area contributed by atoms with Crippen LogP contribution in [0.4, 0.5) is 5.95 Å². The second kappa shape index (κ2) is 10.4. The number of aromatic nitrogens is 2. The van der Waals surface area contributed by atoms with Gasteiger partial charge in [0.1, 0.15) is 0 Å². The highest BCUT2D eigenvalue weighted by Crippen LogP contribution is 2.26. The molecule has 7 nitrogen and oxygen atoms in total. The van der Waals surface area contributed by atoms with Gasteiger partial charge < -0.3 is 15.1 Å². The summed E-state index contributed by atoms with van der Waals surface area (Å²) in [6, 6.07) is 7.87. The molecule has 1 aliphatic rings. The smallest absolute Gasteiger partial charge is 0.257 e. The summed E-state index contributed by atoms with van der Waals surface area (Å²) in [4.78, 5) is 37.9. The minimum atomic E-state index is -0.0711. The molecule has 2 amide bonds. The fourth-order valence-corrected chi connectivity index (χ4v) is 3.95. The summed E-state index contributed by atoms with van der Waals surface area (Å²) in [5.74, 6) is 0.802. The van der Waals surface area contributed by atoms with Gasteiger partial charge in [-0.1, -0.05) is 37.1 Å². The maximum atomic E-state index is 13.0. The first-order chi connectivity index (χ1) is 14.9. The Balaban J connectivity index is 1.82. The van der Waals surface area contributed by atoms with Crippen LogP contribution < -0.4 is 10.2 Å². The molecule has 1 aliphatic carbocycles. The predicted octanol–water partition coefficient (Wildman–Crippen LogP) is 3.50. The summed E-state index contributed by atoms with van der Waals surface area (Å²) in [6.07, 6.45) is 5.91. The van der Waals surface area contributed by atoms with Crippen molar-refractivity contribution in [3.63, 3.8) is 0 Å². The molecule has 7 heteroatoms. The van der Waals surface area contributed by atoms with E-state index in [1.54, 1.807) is 11.1 Å². The van der Waals surface area contributed by atoms with Crippen molar-refractivity contribution >= 4 is 17.8 Å². The maximum Gasteiger partial charge on any atom is 0.257 e. The van der Waals surface area contributed by atoms with E-state index in [0.29, 0.717) is 36.8 Å². The van der Waals surface area contributed by atoms with Gasteiger partial charge in [-0.2, -0.15) is 0 Å². The number of carbonyl (C=O) groups excluding carboxylic acids is 2. The zero-order valence-electron chi connectivity index (χ0n) is 19.0. The molecule has 166 valence electrons. The number of rotatable bonds is 8. The molecule has 0 atom stereocenters. The second-order valence-electron chi connectivity index (χ2n) is 8.20. The van der Waals surface area contributed by atoms with Gasteiger partial charge in [0.05, 0.1) is 11.3 Å². The van der Waals surface area contributed by atoms with E-state index >= 15 is 0 Å². The van der Waals surface area contributed by atoms with E-state index < -0.39 is 0 Å². The Kier molecular flexibility index (Phi) is 7.60. The molecule has 31 heavy (non-hydrogen) atoms. The van der Waals surface area contributed by atoms with Crippen molar-refractivity contribution < 1.29 is 9.59 Å². The normalized spacial score (nSPS) is 13.8. The lowest BCUT2D eigenvalue weighted by Gasteiger charge is -2.21. The van der Waals surface area contributed by atoms with E-state index in [9.17, 15) is 9.59 Å². The third-order valence-electron chi connectivity index (χ3n) is 5.88. The molecule has 0 spiro atoms. The van der Waals surface area contributed by atoms with Crippen LogP contribution in [0.25, 0.3) is 11.3 Å². The Hall–Kier alpha value is -2.96. The number of benzene rings is 1. The lowest BCUT2D eigenvalue weighted by Crippen LogP contribution is -2.31. The molecule has 2 aromatic rings. The van der Waals surface area contributed by atoms with Crippen molar-refractivity contribution in [2.24, 2.45) is 5.92 Å². The monoisotopic (exact) mass is 423 g/mol. The third-order valence-corrected chi connectivity index (χ3v) is 5.88. The third kappa shape index (κ3) is 5.40. The average Bonchev–Trinajstić information content (AvgIpc) is 3.33. The van der Waals surface area contributed by atoms with Crippen LogP contribution in [0, 0.1) is 5.92 Å². The van der Waals surface area contributed by atoms with Crippen LogP contribution in [0.1, 0.15) is 55.5 Å². The zero-order valence-corrected chi connectivity index (χ0v) is 19.0. The summed E-state index contributed by atoms with van der Waals surface area (Å²) in [7, 11) is 3.75. The summed E-state index contributed by atoms with van der Waals surface area (Å²) >= 11 is 0. The Morgan fingerprint density at radius 2 is 1.71 bits per heavy atom. The molecule has 0 unspecified atom stereocenters. The van der Waals surface area contributed by atoms with Gasteiger partial charge in [-0.3, -0.25) is 9.59 Å². The van der Waals surface area contributed by atoms with Crippen molar-refractivity contribution in [1.82, 2.24) is 20.2 Å². The largest absolute Gasteiger partial charge is 0.352 e. The minimum Gasteiger partial charge on any atom is -0.352 e. The van der Waals surface area contributed by atoms with E-state index in [4.69, 9.17) is 0 Å². The van der Waals surface area contributed by atoms with Crippen molar-refractivity contribution in [2.45, 2.75) is 46.1 Å². The number of nitrogens with one attached hydrogen (secondary N) is 1. The fraction of sp³-hybridized carbons (Fsp3) is 0.500. The molecule has 0 aliphatic heterocycles. The standard InChI is InChI=1S/C24H33N5O2/c1-5-29(6-2)23(31)20-16-26-24(28(3)4)27-21(20)18-13-11-17(12-14-18)15-25-22(30)19-9-7-8-10-19/h11-14,16,19H,5-10,15H2,1-4H3,(H,25,30). The second-order valence-corrected chi connectivity index (χ2v) is 8.20. The SMILES string of the molecule is CCN(CC)C(=O)c1cnc(N(C)C)nc1-c1ccc(CNC(=O)C2CCCC2)cc1. The van der Waals surface area contributed by atoms with E-state index in [-0.39, 0.29) is 17.7 Å². The molecule has 0 saturated heterocycles. The summed E-state index contributed by atoms with van der Waals surface area (Å²) in [5.41, 5.74) is 2.99. The van der Waals surface area contributed by atoms with Gasteiger partial charge in [-0.25, -0.2) is 9.97 Å². The molecule has 1 aromatic carbocycles. The van der Waals surface area contributed by atoms with Crippen molar-refractivity contribution in [3.8, 4) is 11.3 Å². The van der Waals surface area contributed by atoms with Crippen molar-refractivity contribution in [1.29, 1.82) is 0 Å². The van der Waals surface area contributed by atoms with Gasteiger partial charge >= 0.3 is 0 Å². The summed E-state index contributed by atoms with van der Waals surface area (Å²) in [6.45, 7) is 5.69. The van der Waals surface area contributed by atoms with Crippen molar-refractivity contribution in [3.05, 3.63) is 41.6 Å².